The van der Waals surface area contributed by atoms with Crippen molar-refractivity contribution in [2.24, 2.45) is 11.8 Å². The van der Waals surface area contributed by atoms with Gasteiger partial charge in [0.1, 0.15) is 0 Å². The third kappa shape index (κ3) is 4.35. The van der Waals surface area contributed by atoms with E-state index in [9.17, 15) is 5.11 Å². The second-order valence-corrected chi connectivity index (χ2v) is 8.41. The minimum Gasteiger partial charge on any atom is -0.432 e. The lowest BCUT2D eigenvalue weighted by molar-refractivity contribution is -0.0911. The fourth-order valence-corrected chi connectivity index (χ4v) is 3.61. The van der Waals surface area contributed by atoms with Crippen molar-refractivity contribution in [1.29, 1.82) is 0 Å². The number of hydrogen-bond acceptors (Lipinski definition) is 2. The van der Waals surface area contributed by atoms with Crippen molar-refractivity contribution >= 4 is 7.48 Å². The van der Waals surface area contributed by atoms with E-state index in [1.54, 1.807) is 5.57 Å². The van der Waals surface area contributed by atoms with E-state index < -0.39 is 11.2 Å². The van der Waals surface area contributed by atoms with Gasteiger partial charge < -0.3 is 9.76 Å². The third-order valence-electron chi connectivity index (χ3n) is 6.06. The minimum absolute atomic E-state index is 0.482. The molecule has 2 aliphatic carbocycles. The largest absolute Gasteiger partial charge is 0.432 e. The Balaban J connectivity index is 1.85. The van der Waals surface area contributed by atoms with Crippen LogP contribution >= 0.6 is 0 Å². The summed E-state index contributed by atoms with van der Waals surface area (Å²) < 4.78 is 6.10. The molecule has 2 nitrogen and oxygen atoms in total. The number of aliphatic hydroxyl groups is 1. The highest BCUT2D eigenvalue weighted by Crippen LogP contribution is 2.42. The molecule has 0 amide bonds. The zero-order valence-electron chi connectivity index (χ0n) is 14.6. The first-order valence-corrected chi connectivity index (χ1v) is 8.71. The van der Waals surface area contributed by atoms with Crippen LogP contribution in [0, 0.1) is 11.8 Å². The maximum absolute atomic E-state index is 10.2. The summed E-state index contributed by atoms with van der Waals surface area (Å²) in [7, 11) is 0.794. The summed E-state index contributed by atoms with van der Waals surface area (Å²) in [5.41, 5.74) is 0.311. The molecule has 3 unspecified atom stereocenters. The SMILES string of the molecule is CC1=CCC2CCC(BOC(C)(C)C(C)(C)O)CCC2C1. The van der Waals surface area contributed by atoms with Crippen molar-refractivity contribution in [2.45, 2.75) is 90.2 Å². The molecule has 0 saturated heterocycles. The molecule has 1 N–H and O–H groups in total. The maximum Gasteiger partial charge on any atom is 0.278 e. The van der Waals surface area contributed by atoms with E-state index in [0.29, 0.717) is 5.82 Å². The molecular weight excluding hydrogens is 259 g/mol. The van der Waals surface area contributed by atoms with Crippen LogP contribution in [0.15, 0.2) is 11.6 Å². The molecule has 0 heterocycles. The fourth-order valence-electron chi connectivity index (χ4n) is 3.61. The van der Waals surface area contributed by atoms with Crippen molar-refractivity contribution in [3.05, 3.63) is 11.6 Å². The van der Waals surface area contributed by atoms with E-state index in [1.165, 1.54) is 38.5 Å². The van der Waals surface area contributed by atoms with E-state index in [1.807, 2.05) is 27.7 Å². The van der Waals surface area contributed by atoms with Gasteiger partial charge in [-0.1, -0.05) is 37.3 Å². The topological polar surface area (TPSA) is 29.5 Å². The molecule has 0 aliphatic heterocycles. The smallest absolute Gasteiger partial charge is 0.278 e. The van der Waals surface area contributed by atoms with Crippen LogP contribution in [0.4, 0.5) is 0 Å². The van der Waals surface area contributed by atoms with Gasteiger partial charge in [-0.2, -0.15) is 0 Å². The van der Waals surface area contributed by atoms with Gasteiger partial charge in [-0.25, -0.2) is 0 Å². The Labute approximate surface area is 131 Å². The predicted octanol–water partition coefficient (Wildman–Crippen LogP) is 4.24. The number of allylic oxidation sites excluding steroid dienone is 2. The van der Waals surface area contributed by atoms with Gasteiger partial charge in [0.05, 0.1) is 11.2 Å². The van der Waals surface area contributed by atoms with E-state index in [0.717, 1.165) is 19.3 Å². The molecule has 3 heteroatoms. The highest BCUT2D eigenvalue weighted by Gasteiger charge is 2.37. The molecule has 0 aromatic carbocycles. The lowest BCUT2D eigenvalue weighted by Gasteiger charge is -2.38. The van der Waals surface area contributed by atoms with Crippen molar-refractivity contribution < 1.29 is 9.76 Å². The van der Waals surface area contributed by atoms with Crippen molar-refractivity contribution in [3.63, 3.8) is 0 Å². The Morgan fingerprint density at radius 2 is 1.71 bits per heavy atom. The lowest BCUT2D eigenvalue weighted by Crippen LogP contribution is -2.48. The van der Waals surface area contributed by atoms with Crippen LogP contribution in [-0.2, 0) is 4.65 Å². The average Bonchev–Trinajstić information content (AvgIpc) is 2.57. The summed E-state index contributed by atoms with van der Waals surface area (Å²) in [5, 5.41) is 10.2. The quantitative estimate of drug-likeness (QED) is 0.620. The van der Waals surface area contributed by atoms with Crippen LogP contribution in [0.3, 0.4) is 0 Å². The van der Waals surface area contributed by atoms with Crippen LogP contribution in [0.5, 0.6) is 0 Å². The second kappa shape index (κ2) is 6.46. The summed E-state index contributed by atoms with van der Waals surface area (Å²) in [4.78, 5) is 0. The Morgan fingerprint density at radius 3 is 2.33 bits per heavy atom. The summed E-state index contributed by atoms with van der Waals surface area (Å²) >= 11 is 0. The number of hydrogen-bond donors (Lipinski definition) is 1. The first-order chi connectivity index (χ1) is 9.69. The number of rotatable bonds is 4. The molecular formula is C18H33BO2. The van der Waals surface area contributed by atoms with Crippen molar-refractivity contribution in [1.82, 2.24) is 0 Å². The van der Waals surface area contributed by atoms with E-state index >= 15 is 0 Å². The number of fused-ring (bicyclic) bond motifs is 1. The van der Waals surface area contributed by atoms with E-state index in [4.69, 9.17) is 4.65 Å². The molecule has 2 aliphatic rings. The van der Waals surface area contributed by atoms with Crippen molar-refractivity contribution in [3.8, 4) is 0 Å². The van der Waals surface area contributed by atoms with Gasteiger partial charge in [-0.15, -0.1) is 0 Å². The molecule has 0 aromatic heterocycles. The summed E-state index contributed by atoms with van der Waals surface area (Å²) in [5.74, 6) is 2.47. The predicted molar refractivity (Wildman–Crippen MR) is 90.8 cm³/mol. The summed E-state index contributed by atoms with van der Waals surface area (Å²) in [6.07, 6.45) is 10.3. The van der Waals surface area contributed by atoms with Crippen LogP contribution in [0.25, 0.3) is 0 Å². The normalized spacial score (nSPS) is 31.1. The zero-order chi connectivity index (χ0) is 15.7. The fraction of sp³-hybridized carbons (Fsp3) is 0.889. The van der Waals surface area contributed by atoms with E-state index in [-0.39, 0.29) is 0 Å². The van der Waals surface area contributed by atoms with Gasteiger partial charge in [0, 0.05) is 0 Å². The Morgan fingerprint density at radius 1 is 1.10 bits per heavy atom. The molecule has 21 heavy (non-hydrogen) atoms. The first kappa shape index (κ1) is 17.1. The Hall–Kier alpha value is -0.275. The van der Waals surface area contributed by atoms with Gasteiger partial charge in [0.2, 0.25) is 0 Å². The van der Waals surface area contributed by atoms with Gasteiger partial charge in [0.15, 0.2) is 0 Å². The molecule has 3 atom stereocenters. The first-order valence-electron chi connectivity index (χ1n) is 8.71. The Kier molecular flexibility index (Phi) is 5.25. The summed E-state index contributed by atoms with van der Waals surface area (Å²) in [6, 6.07) is 0. The van der Waals surface area contributed by atoms with Gasteiger partial charge in [-0.05, 0) is 65.1 Å². The molecule has 1 fully saturated rings. The van der Waals surface area contributed by atoms with Gasteiger partial charge in [-0.3, -0.25) is 0 Å². The maximum atomic E-state index is 10.2. The van der Waals surface area contributed by atoms with Crippen LogP contribution < -0.4 is 0 Å². The van der Waals surface area contributed by atoms with Gasteiger partial charge >= 0.3 is 0 Å². The highest BCUT2D eigenvalue weighted by molar-refractivity contribution is 6.29. The van der Waals surface area contributed by atoms with Crippen LogP contribution in [0.1, 0.15) is 73.1 Å². The summed E-state index contributed by atoms with van der Waals surface area (Å²) in [6.45, 7) is 9.95. The van der Waals surface area contributed by atoms with Gasteiger partial charge in [0.25, 0.3) is 7.48 Å². The van der Waals surface area contributed by atoms with Crippen LogP contribution in [0.2, 0.25) is 5.82 Å². The lowest BCUT2D eigenvalue weighted by atomic mass is 9.73. The molecule has 2 rings (SSSR count). The second-order valence-electron chi connectivity index (χ2n) is 8.41. The Bertz CT molecular complexity index is 381. The molecule has 120 valence electrons. The molecule has 0 bridgehead atoms. The minimum atomic E-state index is -0.799. The molecule has 0 aromatic rings. The van der Waals surface area contributed by atoms with Crippen molar-refractivity contribution in [2.75, 3.05) is 0 Å². The third-order valence-corrected chi connectivity index (χ3v) is 6.06. The standard InChI is InChI=1S/C18H33BO2/c1-13-6-7-14-8-10-16(11-9-15(14)12-13)19-21-18(4,5)17(2,3)20/h6,14-16,19-20H,7-12H2,1-5H3. The molecule has 0 spiro atoms. The molecule has 1 saturated carbocycles. The highest BCUT2D eigenvalue weighted by atomic mass is 16.5. The zero-order valence-corrected chi connectivity index (χ0v) is 14.6. The monoisotopic (exact) mass is 292 g/mol. The molecule has 0 radical (unpaired) electrons. The average molecular weight is 292 g/mol. The van der Waals surface area contributed by atoms with Crippen LogP contribution in [-0.4, -0.2) is 23.8 Å². The van der Waals surface area contributed by atoms with E-state index in [2.05, 4.69) is 13.0 Å².